The number of ether oxygens (including phenoxy) is 2. The lowest BCUT2D eigenvalue weighted by atomic mass is 9.99. The first kappa shape index (κ1) is 14.8. The van der Waals surface area contributed by atoms with Gasteiger partial charge in [-0.3, -0.25) is 0 Å². The van der Waals surface area contributed by atoms with Crippen LogP contribution in [0.4, 0.5) is 5.82 Å². The standard InChI is InChI=1S/C14H23N3O3/c1-4-10-9(6-7-20-10)8-17-11(5-2)16-12(13(17)15)14(18)19-3/h9-10H,4-8,15H2,1-3H3. The normalized spacial score (nSPS) is 22.1. The third-order valence-electron chi connectivity index (χ3n) is 3.95. The number of methoxy groups -OCH3 is 1. The summed E-state index contributed by atoms with van der Waals surface area (Å²) in [6.07, 6.45) is 3.01. The second-order valence-corrected chi connectivity index (χ2v) is 5.08. The number of imidazole rings is 1. The van der Waals surface area contributed by atoms with E-state index in [0.29, 0.717) is 11.7 Å². The first-order valence-corrected chi connectivity index (χ1v) is 7.17. The number of carbonyl (C=O) groups is 1. The van der Waals surface area contributed by atoms with E-state index in [1.165, 1.54) is 7.11 Å². The van der Waals surface area contributed by atoms with Gasteiger partial charge in [0.2, 0.25) is 0 Å². The van der Waals surface area contributed by atoms with Crippen LogP contribution in [0.1, 0.15) is 43.0 Å². The van der Waals surface area contributed by atoms with Crippen LogP contribution < -0.4 is 5.73 Å². The van der Waals surface area contributed by atoms with Crippen LogP contribution in [0.3, 0.4) is 0 Å². The largest absolute Gasteiger partial charge is 0.464 e. The molecule has 0 amide bonds. The predicted molar refractivity (Wildman–Crippen MR) is 75.5 cm³/mol. The summed E-state index contributed by atoms with van der Waals surface area (Å²) in [7, 11) is 1.34. The molecule has 0 bridgehead atoms. The fraction of sp³-hybridized carbons (Fsp3) is 0.714. The highest BCUT2D eigenvalue weighted by atomic mass is 16.5. The molecule has 1 saturated heterocycles. The van der Waals surface area contributed by atoms with E-state index < -0.39 is 5.97 Å². The van der Waals surface area contributed by atoms with Crippen molar-refractivity contribution < 1.29 is 14.3 Å². The van der Waals surface area contributed by atoms with Crippen LogP contribution in [0.5, 0.6) is 0 Å². The summed E-state index contributed by atoms with van der Waals surface area (Å²) in [6, 6.07) is 0. The van der Waals surface area contributed by atoms with Gasteiger partial charge in [0, 0.05) is 25.5 Å². The van der Waals surface area contributed by atoms with Crippen LogP contribution in [0.25, 0.3) is 0 Å². The fourth-order valence-electron chi connectivity index (χ4n) is 2.82. The van der Waals surface area contributed by atoms with Crippen LogP contribution >= 0.6 is 0 Å². The number of carbonyl (C=O) groups excluding carboxylic acids is 1. The van der Waals surface area contributed by atoms with Crippen LogP contribution in [-0.2, 0) is 22.4 Å². The number of hydrogen-bond acceptors (Lipinski definition) is 5. The van der Waals surface area contributed by atoms with Gasteiger partial charge in [0.15, 0.2) is 5.69 Å². The van der Waals surface area contributed by atoms with E-state index in [2.05, 4.69) is 11.9 Å². The zero-order chi connectivity index (χ0) is 14.7. The fourth-order valence-corrected chi connectivity index (χ4v) is 2.82. The molecular formula is C14H23N3O3. The molecule has 2 unspecified atom stereocenters. The number of hydrogen-bond donors (Lipinski definition) is 1. The molecule has 1 aromatic rings. The van der Waals surface area contributed by atoms with Gasteiger partial charge < -0.3 is 19.8 Å². The topological polar surface area (TPSA) is 79.4 Å². The molecule has 2 heterocycles. The van der Waals surface area contributed by atoms with Gasteiger partial charge in [-0.05, 0) is 12.8 Å². The highest BCUT2D eigenvalue weighted by molar-refractivity contribution is 5.92. The van der Waals surface area contributed by atoms with E-state index in [0.717, 1.165) is 38.2 Å². The predicted octanol–water partition coefficient (Wildman–Crippen LogP) is 1.63. The maximum Gasteiger partial charge on any atom is 0.360 e. The van der Waals surface area contributed by atoms with Gasteiger partial charge in [-0.2, -0.15) is 0 Å². The Labute approximate surface area is 119 Å². The summed E-state index contributed by atoms with van der Waals surface area (Å²) in [5, 5.41) is 0. The number of nitrogens with zero attached hydrogens (tertiary/aromatic N) is 2. The average Bonchev–Trinajstić information content (AvgIpc) is 3.04. The van der Waals surface area contributed by atoms with E-state index in [9.17, 15) is 4.79 Å². The smallest absolute Gasteiger partial charge is 0.360 e. The second kappa shape index (κ2) is 6.26. The van der Waals surface area contributed by atoms with E-state index in [1.807, 2.05) is 11.5 Å². The molecule has 1 aliphatic rings. The Morgan fingerprint density at radius 1 is 1.55 bits per heavy atom. The Bertz CT molecular complexity index is 484. The molecule has 0 aromatic carbocycles. The molecule has 1 aliphatic heterocycles. The molecule has 2 N–H and O–H groups in total. The first-order chi connectivity index (χ1) is 9.62. The van der Waals surface area contributed by atoms with E-state index >= 15 is 0 Å². The molecule has 20 heavy (non-hydrogen) atoms. The van der Waals surface area contributed by atoms with Crippen molar-refractivity contribution >= 4 is 11.8 Å². The zero-order valence-electron chi connectivity index (χ0n) is 12.4. The lowest BCUT2D eigenvalue weighted by Gasteiger charge is -2.19. The van der Waals surface area contributed by atoms with Crippen LogP contribution in [0, 0.1) is 5.92 Å². The van der Waals surface area contributed by atoms with Crippen molar-refractivity contribution in [1.29, 1.82) is 0 Å². The lowest BCUT2D eigenvalue weighted by Crippen LogP contribution is -2.22. The zero-order valence-corrected chi connectivity index (χ0v) is 12.4. The Hall–Kier alpha value is -1.56. The molecule has 0 aliphatic carbocycles. The second-order valence-electron chi connectivity index (χ2n) is 5.08. The van der Waals surface area contributed by atoms with E-state index in [4.69, 9.17) is 15.2 Å². The highest BCUT2D eigenvalue weighted by Crippen LogP contribution is 2.27. The minimum atomic E-state index is -0.481. The van der Waals surface area contributed by atoms with Crippen LogP contribution in [0.2, 0.25) is 0 Å². The quantitative estimate of drug-likeness (QED) is 0.830. The summed E-state index contributed by atoms with van der Waals surface area (Å²) < 4.78 is 12.4. The third-order valence-corrected chi connectivity index (χ3v) is 3.95. The summed E-state index contributed by atoms with van der Waals surface area (Å²) in [5.74, 6) is 1.16. The Balaban J connectivity index is 2.26. The van der Waals surface area contributed by atoms with Crippen molar-refractivity contribution in [2.45, 2.75) is 45.8 Å². The van der Waals surface area contributed by atoms with Crippen molar-refractivity contribution in [3.8, 4) is 0 Å². The number of rotatable bonds is 5. The molecule has 6 nitrogen and oxygen atoms in total. The molecule has 2 atom stereocenters. The van der Waals surface area contributed by atoms with Gasteiger partial charge in [0.25, 0.3) is 0 Å². The number of nitrogens with two attached hydrogens (primary N) is 1. The number of anilines is 1. The molecule has 1 aromatic heterocycles. The molecule has 0 saturated carbocycles. The molecule has 2 rings (SSSR count). The van der Waals surface area contributed by atoms with Gasteiger partial charge in [0.05, 0.1) is 13.2 Å². The van der Waals surface area contributed by atoms with E-state index in [1.54, 1.807) is 0 Å². The average molecular weight is 281 g/mol. The number of esters is 1. The maximum atomic E-state index is 11.7. The molecule has 1 fully saturated rings. The van der Waals surface area contributed by atoms with Crippen molar-refractivity contribution in [3.05, 3.63) is 11.5 Å². The van der Waals surface area contributed by atoms with E-state index in [-0.39, 0.29) is 11.8 Å². The molecule has 0 radical (unpaired) electrons. The first-order valence-electron chi connectivity index (χ1n) is 7.17. The number of nitrogen functional groups attached to an aromatic ring is 1. The Morgan fingerprint density at radius 2 is 2.30 bits per heavy atom. The third kappa shape index (κ3) is 2.65. The lowest BCUT2D eigenvalue weighted by molar-refractivity contribution is 0.0595. The highest BCUT2D eigenvalue weighted by Gasteiger charge is 2.29. The summed E-state index contributed by atoms with van der Waals surface area (Å²) in [6.45, 7) is 5.67. The SMILES string of the molecule is CCc1nc(C(=O)OC)c(N)n1CC1CCOC1CC. The Kier molecular flexibility index (Phi) is 4.65. The van der Waals surface area contributed by atoms with Gasteiger partial charge >= 0.3 is 5.97 Å². The van der Waals surface area contributed by atoms with Gasteiger partial charge in [0.1, 0.15) is 11.6 Å². The summed E-state index contributed by atoms with van der Waals surface area (Å²) in [5.41, 5.74) is 6.30. The number of aromatic nitrogens is 2. The summed E-state index contributed by atoms with van der Waals surface area (Å²) >= 11 is 0. The van der Waals surface area contributed by atoms with Crippen molar-refractivity contribution in [2.24, 2.45) is 5.92 Å². The van der Waals surface area contributed by atoms with Gasteiger partial charge in [-0.15, -0.1) is 0 Å². The number of aryl methyl sites for hydroxylation is 1. The monoisotopic (exact) mass is 281 g/mol. The van der Waals surface area contributed by atoms with Gasteiger partial charge in [-0.1, -0.05) is 13.8 Å². The maximum absolute atomic E-state index is 11.7. The molecule has 0 spiro atoms. The molecular weight excluding hydrogens is 258 g/mol. The van der Waals surface area contributed by atoms with Crippen molar-refractivity contribution in [3.63, 3.8) is 0 Å². The van der Waals surface area contributed by atoms with Crippen LogP contribution in [0.15, 0.2) is 0 Å². The Morgan fingerprint density at radius 3 is 2.90 bits per heavy atom. The van der Waals surface area contributed by atoms with Crippen molar-refractivity contribution in [2.75, 3.05) is 19.5 Å². The van der Waals surface area contributed by atoms with Gasteiger partial charge in [-0.25, -0.2) is 9.78 Å². The van der Waals surface area contributed by atoms with Crippen LogP contribution in [-0.4, -0.2) is 35.3 Å². The molecule has 6 heteroatoms. The molecule has 112 valence electrons. The minimum Gasteiger partial charge on any atom is -0.464 e. The minimum absolute atomic E-state index is 0.219. The summed E-state index contributed by atoms with van der Waals surface area (Å²) in [4.78, 5) is 16.0. The van der Waals surface area contributed by atoms with Crippen molar-refractivity contribution in [1.82, 2.24) is 9.55 Å².